The number of hydrogen-bond acceptors (Lipinski definition) is 5. The van der Waals surface area contributed by atoms with E-state index in [1.807, 2.05) is 0 Å². The second-order valence-electron chi connectivity index (χ2n) is 2.06. The molecule has 0 aliphatic carbocycles. The van der Waals surface area contributed by atoms with Crippen LogP contribution in [0.5, 0.6) is 0 Å². The number of hydrogen-bond donors (Lipinski definition) is 3. The minimum absolute atomic E-state index is 0.185. The Labute approximate surface area is 75.2 Å². The van der Waals surface area contributed by atoms with Crippen LogP contribution in [0.1, 0.15) is 6.42 Å². The zero-order valence-electron chi connectivity index (χ0n) is 6.71. The van der Waals surface area contributed by atoms with E-state index in [1.54, 1.807) is 0 Å². The summed E-state index contributed by atoms with van der Waals surface area (Å²) in [6.45, 7) is 1.44. The fourth-order valence-corrected chi connectivity index (χ4v) is 0.955. The Morgan fingerprint density at radius 1 is 1.33 bits per heavy atom. The molecular formula is C6H13N3O2S. The fourth-order valence-electron chi connectivity index (χ4n) is 0.435. The van der Waals surface area contributed by atoms with Crippen LogP contribution < -0.4 is 16.8 Å². The minimum Gasteiger partial charge on any atom is -0.330 e. The summed E-state index contributed by atoms with van der Waals surface area (Å²) in [4.78, 5) is 20.2. The van der Waals surface area contributed by atoms with Crippen molar-refractivity contribution in [1.82, 2.24) is 5.32 Å². The van der Waals surface area contributed by atoms with Gasteiger partial charge in [-0.2, -0.15) is 0 Å². The largest absolute Gasteiger partial charge is 0.330 e. The molecule has 1 rings (SSSR count). The van der Waals surface area contributed by atoms with Gasteiger partial charge in [0.1, 0.15) is 0 Å². The molecule has 1 aliphatic rings. The summed E-state index contributed by atoms with van der Waals surface area (Å²) in [6.07, 6.45) is 0.944. The van der Waals surface area contributed by atoms with Gasteiger partial charge in [0.15, 0.2) is 0 Å². The van der Waals surface area contributed by atoms with E-state index in [1.165, 1.54) is 0 Å². The van der Waals surface area contributed by atoms with Crippen molar-refractivity contribution >= 4 is 22.9 Å². The van der Waals surface area contributed by atoms with Crippen LogP contribution in [0.2, 0.25) is 0 Å². The van der Waals surface area contributed by atoms with Crippen molar-refractivity contribution in [3.8, 4) is 0 Å². The Bertz CT molecular complexity index is 147. The van der Waals surface area contributed by atoms with Crippen molar-refractivity contribution in [2.45, 2.75) is 6.42 Å². The van der Waals surface area contributed by atoms with Crippen LogP contribution in [-0.4, -0.2) is 30.0 Å². The van der Waals surface area contributed by atoms with E-state index in [0.717, 1.165) is 31.3 Å². The number of imide groups is 1. The van der Waals surface area contributed by atoms with Crippen LogP contribution in [0, 0.1) is 0 Å². The molecule has 1 heterocycles. The Hall–Kier alpha value is -0.590. The number of nitrogens with two attached hydrogens (primary N) is 2. The molecule has 0 saturated carbocycles. The molecule has 1 saturated heterocycles. The average Bonchev–Trinajstić information content (AvgIpc) is 2.38. The topological polar surface area (TPSA) is 98.2 Å². The lowest BCUT2D eigenvalue weighted by Crippen LogP contribution is -2.18. The first kappa shape index (κ1) is 11.4. The van der Waals surface area contributed by atoms with Crippen LogP contribution in [0.25, 0.3) is 0 Å². The molecule has 2 amide bonds. The highest BCUT2D eigenvalue weighted by Gasteiger charge is 2.16. The highest BCUT2D eigenvalue weighted by atomic mass is 32.2. The lowest BCUT2D eigenvalue weighted by atomic mass is 10.4. The number of carbonyl (C=O) groups excluding carboxylic acids is 2. The van der Waals surface area contributed by atoms with Gasteiger partial charge in [0, 0.05) is 0 Å². The number of carbonyl (C=O) groups is 2. The van der Waals surface area contributed by atoms with E-state index in [9.17, 15) is 9.59 Å². The van der Waals surface area contributed by atoms with Gasteiger partial charge < -0.3 is 11.5 Å². The Morgan fingerprint density at radius 2 is 1.92 bits per heavy atom. The van der Waals surface area contributed by atoms with Gasteiger partial charge in [-0.05, 0) is 19.5 Å². The minimum atomic E-state index is -0.231. The zero-order valence-corrected chi connectivity index (χ0v) is 7.52. The lowest BCUT2D eigenvalue weighted by molar-refractivity contribution is -0.117. The molecule has 12 heavy (non-hydrogen) atoms. The summed E-state index contributed by atoms with van der Waals surface area (Å²) in [5, 5.41) is 1.87. The SMILES string of the molecule is NCCCN.O=C1CSC(=O)N1. The van der Waals surface area contributed by atoms with E-state index >= 15 is 0 Å². The zero-order chi connectivity index (χ0) is 9.40. The van der Waals surface area contributed by atoms with Crippen molar-refractivity contribution in [3.05, 3.63) is 0 Å². The van der Waals surface area contributed by atoms with Gasteiger partial charge in [0.2, 0.25) is 5.91 Å². The van der Waals surface area contributed by atoms with Crippen LogP contribution in [-0.2, 0) is 4.79 Å². The Morgan fingerprint density at radius 3 is 2.00 bits per heavy atom. The standard InChI is InChI=1S/C3H10N2.C3H3NO2S/c4-2-1-3-5;5-2-1-7-3(6)4-2/h1-5H2;1H2,(H,4,5,6). The van der Waals surface area contributed by atoms with Crippen molar-refractivity contribution < 1.29 is 9.59 Å². The molecule has 0 atom stereocenters. The number of thioether (sulfide) groups is 1. The number of nitrogens with one attached hydrogen (secondary N) is 1. The molecule has 0 spiro atoms. The van der Waals surface area contributed by atoms with Crippen molar-refractivity contribution in [2.24, 2.45) is 11.5 Å². The van der Waals surface area contributed by atoms with E-state index in [0.29, 0.717) is 5.75 Å². The molecule has 1 aliphatic heterocycles. The molecule has 6 heteroatoms. The van der Waals surface area contributed by atoms with Crippen LogP contribution in [0.4, 0.5) is 4.79 Å². The van der Waals surface area contributed by atoms with Gasteiger partial charge in [0.05, 0.1) is 5.75 Å². The highest BCUT2D eigenvalue weighted by Crippen LogP contribution is 2.06. The molecule has 0 radical (unpaired) electrons. The van der Waals surface area contributed by atoms with Crippen LogP contribution >= 0.6 is 11.8 Å². The third-order valence-electron chi connectivity index (χ3n) is 0.984. The number of amides is 2. The highest BCUT2D eigenvalue weighted by molar-refractivity contribution is 8.14. The summed E-state index contributed by atoms with van der Waals surface area (Å²) >= 11 is 1.01. The Kier molecular flexibility index (Phi) is 6.73. The van der Waals surface area contributed by atoms with Gasteiger partial charge in [-0.25, -0.2) is 0 Å². The normalized spacial score (nSPS) is 15.2. The summed E-state index contributed by atoms with van der Waals surface area (Å²) in [7, 11) is 0. The smallest absolute Gasteiger partial charge is 0.286 e. The second kappa shape index (κ2) is 7.08. The van der Waals surface area contributed by atoms with E-state index in [4.69, 9.17) is 11.5 Å². The summed E-state index contributed by atoms with van der Waals surface area (Å²) in [5.41, 5.74) is 10.1. The predicted octanol–water partition coefficient (Wildman–Crippen LogP) is -0.737. The van der Waals surface area contributed by atoms with E-state index in [2.05, 4.69) is 5.32 Å². The molecule has 5 N–H and O–H groups in total. The molecule has 0 aromatic carbocycles. The maximum atomic E-state index is 10.1. The molecular weight excluding hydrogens is 178 g/mol. The quantitative estimate of drug-likeness (QED) is 0.534. The van der Waals surface area contributed by atoms with Gasteiger partial charge >= 0.3 is 0 Å². The summed E-state index contributed by atoms with van der Waals surface area (Å²) < 4.78 is 0. The van der Waals surface area contributed by atoms with Crippen molar-refractivity contribution in [2.75, 3.05) is 18.8 Å². The van der Waals surface area contributed by atoms with Crippen molar-refractivity contribution in [3.63, 3.8) is 0 Å². The fraction of sp³-hybridized carbons (Fsp3) is 0.667. The van der Waals surface area contributed by atoms with Crippen LogP contribution in [0.15, 0.2) is 0 Å². The first-order chi connectivity index (χ1) is 5.70. The first-order valence-electron chi connectivity index (χ1n) is 3.57. The maximum Gasteiger partial charge on any atom is 0.286 e. The monoisotopic (exact) mass is 191 g/mol. The van der Waals surface area contributed by atoms with Gasteiger partial charge in [-0.3, -0.25) is 14.9 Å². The number of rotatable bonds is 2. The third-order valence-corrected chi connectivity index (χ3v) is 1.75. The molecule has 5 nitrogen and oxygen atoms in total. The summed E-state index contributed by atoms with van der Waals surface area (Å²) in [5.74, 6) is 0.105. The lowest BCUT2D eigenvalue weighted by Gasteiger charge is -1.81. The molecule has 0 aromatic rings. The maximum absolute atomic E-state index is 10.1. The summed E-state index contributed by atoms with van der Waals surface area (Å²) in [6, 6.07) is 0. The predicted molar refractivity (Wildman–Crippen MR) is 48.7 cm³/mol. The second-order valence-corrected chi connectivity index (χ2v) is 3.00. The average molecular weight is 191 g/mol. The first-order valence-corrected chi connectivity index (χ1v) is 4.56. The van der Waals surface area contributed by atoms with Crippen molar-refractivity contribution in [1.29, 1.82) is 0 Å². The molecule has 70 valence electrons. The van der Waals surface area contributed by atoms with Crippen LogP contribution in [0.3, 0.4) is 0 Å². The van der Waals surface area contributed by atoms with E-state index < -0.39 is 0 Å². The van der Waals surface area contributed by atoms with Gasteiger partial charge in [-0.1, -0.05) is 11.8 Å². The molecule has 0 aromatic heterocycles. The molecule has 0 unspecified atom stereocenters. The van der Waals surface area contributed by atoms with E-state index in [-0.39, 0.29) is 11.1 Å². The molecule has 1 fully saturated rings. The third kappa shape index (κ3) is 6.14. The molecule has 0 bridgehead atoms. The Balaban J connectivity index is 0.000000217. The van der Waals surface area contributed by atoms with Gasteiger partial charge in [-0.15, -0.1) is 0 Å². The van der Waals surface area contributed by atoms with Gasteiger partial charge in [0.25, 0.3) is 5.24 Å².